The SMILES string of the molecule is CCCCN1C(=O)C(=Cc2cccc(-c3ccccc3)c2)NC1=S. The van der Waals surface area contributed by atoms with Gasteiger partial charge in [-0.2, -0.15) is 0 Å². The molecule has 0 atom stereocenters. The summed E-state index contributed by atoms with van der Waals surface area (Å²) in [4.78, 5) is 14.1. The number of thiocarbonyl (C=S) groups is 1. The quantitative estimate of drug-likeness (QED) is 0.656. The monoisotopic (exact) mass is 336 g/mol. The molecule has 1 amide bonds. The zero-order valence-corrected chi connectivity index (χ0v) is 14.5. The molecule has 1 aliphatic heterocycles. The van der Waals surface area contributed by atoms with Gasteiger partial charge in [0.25, 0.3) is 5.91 Å². The first-order valence-corrected chi connectivity index (χ1v) is 8.60. The van der Waals surface area contributed by atoms with Gasteiger partial charge < -0.3 is 5.32 Å². The van der Waals surface area contributed by atoms with Crippen LogP contribution in [0.3, 0.4) is 0 Å². The Balaban J connectivity index is 1.84. The molecule has 4 heteroatoms. The number of unbranched alkanes of at least 4 members (excludes halogenated alkanes) is 1. The summed E-state index contributed by atoms with van der Waals surface area (Å²) < 4.78 is 0. The minimum atomic E-state index is -0.0430. The Morgan fingerprint density at radius 3 is 2.58 bits per heavy atom. The summed E-state index contributed by atoms with van der Waals surface area (Å²) >= 11 is 5.28. The van der Waals surface area contributed by atoms with Crippen LogP contribution in [0.5, 0.6) is 0 Å². The molecule has 3 nitrogen and oxygen atoms in total. The second kappa shape index (κ2) is 7.41. The van der Waals surface area contributed by atoms with Gasteiger partial charge in [0, 0.05) is 6.54 Å². The van der Waals surface area contributed by atoms with Crippen molar-refractivity contribution in [2.24, 2.45) is 0 Å². The molecule has 0 bridgehead atoms. The largest absolute Gasteiger partial charge is 0.328 e. The van der Waals surface area contributed by atoms with Crippen LogP contribution >= 0.6 is 12.2 Å². The summed E-state index contributed by atoms with van der Waals surface area (Å²) in [6.07, 6.45) is 3.85. The number of carbonyl (C=O) groups is 1. The minimum Gasteiger partial charge on any atom is -0.328 e. The number of benzene rings is 2. The van der Waals surface area contributed by atoms with Crippen molar-refractivity contribution in [1.29, 1.82) is 0 Å². The highest BCUT2D eigenvalue weighted by atomic mass is 32.1. The summed E-state index contributed by atoms with van der Waals surface area (Å²) in [6, 6.07) is 18.3. The van der Waals surface area contributed by atoms with Crippen molar-refractivity contribution in [3.05, 3.63) is 65.9 Å². The summed E-state index contributed by atoms with van der Waals surface area (Å²) in [5.41, 5.74) is 3.80. The highest BCUT2D eigenvalue weighted by molar-refractivity contribution is 7.80. The van der Waals surface area contributed by atoms with Crippen LogP contribution in [0.1, 0.15) is 25.3 Å². The smallest absolute Gasteiger partial charge is 0.276 e. The number of hydrogen-bond acceptors (Lipinski definition) is 2. The van der Waals surface area contributed by atoms with Crippen molar-refractivity contribution in [1.82, 2.24) is 10.2 Å². The molecule has 0 unspecified atom stereocenters. The Hall–Kier alpha value is -2.46. The van der Waals surface area contributed by atoms with Gasteiger partial charge in [-0.15, -0.1) is 0 Å². The van der Waals surface area contributed by atoms with Crippen molar-refractivity contribution in [3.63, 3.8) is 0 Å². The molecular weight excluding hydrogens is 316 g/mol. The fourth-order valence-electron chi connectivity index (χ4n) is 2.70. The second-order valence-corrected chi connectivity index (χ2v) is 6.18. The number of nitrogens with one attached hydrogen (secondary N) is 1. The van der Waals surface area contributed by atoms with Crippen LogP contribution in [0.2, 0.25) is 0 Å². The van der Waals surface area contributed by atoms with Crippen LogP contribution in [-0.4, -0.2) is 22.5 Å². The lowest BCUT2D eigenvalue weighted by Gasteiger charge is -2.12. The fraction of sp³-hybridized carbons (Fsp3) is 0.200. The van der Waals surface area contributed by atoms with Crippen molar-refractivity contribution < 1.29 is 4.79 Å². The Morgan fingerprint density at radius 2 is 1.83 bits per heavy atom. The summed E-state index contributed by atoms with van der Waals surface area (Å²) in [7, 11) is 0. The number of rotatable bonds is 5. The van der Waals surface area contributed by atoms with E-state index < -0.39 is 0 Å². The van der Waals surface area contributed by atoms with Crippen LogP contribution in [0.25, 0.3) is 17.2 Å². The lowest BCUT2D eigenvalue weighted by Crippen LogP contribution is -2.31. The molecule has 1 N–H and O–H groups in total. The summed E-state index contributed by atoms with van der Waals surface area (Å²) in [5, 5.41) is 3.54. The lowest BCUT2D eigenvalue weighted by atomic mass is 10.0. The predicted octanol–water partition coefficient (Wildman–Crippen LogP) is 4.21. The molecule has 122 valence electrons. The number of carbonyl (C=O) groups excluding carboxylic acids is 1. The van der Waals surface area contributed by atoms with E-state index in [0.29, 0.717) is 17.4 Å². The predicted molar refractivity (Wildman–Crippen MR) is 102 cm³/mol. The fourth-order valence-corrected chi connectivity index (χ4v) is 2.98. The maximum absolute atomic E-state index is 12.5. The van der Waals surface area contributed by atoms with Gasteiger partial charge >= 0.3 is 0 Å². The molecule has 0 aromatic heterocycles. The van der Waals surface area contributed by atoms with Gasteiger partial charge in [-0.1, -0.05) is 61.9 Å². The Bertz CT molecular complexity index is 783. The van der Waals surface area contributed by atoms with E-state index >= 15 is 0 Å². The Labute approximate surface area is 148 Å². The van der Waals surface area contributed by atoms with E-state index in [2.05, 4.69) is 36.5 Å². The Morgan fingerprint density at radius 1 is 1.08 bits per heavy atom. The molecule has 0 saturated carbocycles. The van der Waals surface area contributed by atoms with E-state index in [1.165, 1.54) is 0 Å². The van der Waals surface area contributed by atoms with E-state index in [9.17, 15) is 4.79 Å². The standard InChI is InChI=1S/C20H20N2OS/c1-2-3-12-22-19(23)18(21-20(22)24)14-15-8-7-11-17(13-15)16-9-5-4-6-10-16/h4-11,13-14H,2-3,12H2,1H3,(H,21,24). The van der Waals surface area contributed by atoms with Crippen LogP contribution in [0, 0.1) is 0 Å². The Kier molecular flexibility index (Phi) is 5.06. The van der Waals surface area contributed by atoms with Crippen LogP contribution < -0.4 is 5.32 Å². The molecule has 1 heterocycles. The van der Waals surface area contributed by atoms with Crippen molar-refractivity contribution in [3.8, 4) is 11.1 Å². The van der Waals surface area contributed by atoms with Crippen molar-refractivity contribution in [2.75, 3.05) is 6.54 Å². The molecule has 2 aromatic carbocycles. The zero-order valence-electron chi connectivity index (χ0n) is 13.7. The van der Waals surface area contributed by atoms with Gasteiger partial charge in [0.1, 0.15) is 5.70 Å². The van der Waals surface area contributed by atoms with Gasteiger partial charge in [0.05, 0.1) is 0 Å². The van der Waals surface area contributed by atoms with E-state index in [1.807, 2.05) is 36.4 Å². The third-order valence-electron chi connectivity index (χ3n) is 4.00. The van der Waals surface area contributed by atoms with Crippen molar-refractivity contribution >= 4 is 29.3 Å². The first-order valence-electron chi connectivity index (χ1n) is 8.19. The zero-order chi connectivity index (χ0) is 16.9. The minimum absolute atomic E-state index is 0.0430. The molecule has 0 aliphatic carbocycles. The third-order valence-corrected chi connectivity index (χ3v) is 4.32. The maximum atomic E-state index is 12.5. The van der Waals surface area contributed by atoms with Crippen LogP contribution in [0.4, 0.5) is 0 Å². The van der Waals surface area contributed by atoms with Gasteiger partial charge in [-0.3, -0.25) is 9.69 Å². The van der Waals surface area contributed by atoms with Gasteiger partial charge in [-0.25, -0.2) is 0 Å². The first-order chi connectivity index (χ1) is 11.7. The van der Waals surface area contributed by atoms with E-state index in [-0.39, 0.29) is 5.91 Å². The molecule has 24 heavy (non-hydrogen) atoms. The molecular formula is C20H20N2OS. The number of hydrogen-bond donors (Lipinski definition) is 1. The highest BCUT2D eigenvalue weighted by Gasteiger charge is 2.29. The second-order valence-electron chi connectivity index (χ2n) is 5.79. The maximum Gasteiger partial charge on any atom is 0.276 e. The molecule has 1 fully saturated rings. The summed E-state index contributed by atoms with van der Waals surface area (Å²) in [6.45, 7) is 2.77. The lowest BCUT2D eigenvalue weighted by molar-refractivity contribution is -0.122. The van der Waals surface area contributed by atoms with E-state index in [1.54, 1.807) is 4.90 Å². The van der Waals surface area contributed by atoms with Crippen LogP contribution in [0.15, 0.2) is 60.3 Å². The third kappa shape index (κ3) is 3.54. The normalized spacial score (nSPS) is 15.9. The number of nitrogens with zero attached hydrogens (tertiary/aromatic N) is 1. The average molecular weight is 336 g/mol. The van der Waals surface area contributed by atoms with Crippen molar-refractivity contribution in [2.45, 2.75) is 19.8 Å². The van der Waals surface area contributed by atoms with Gasteiger partial charge in [0.2, 0.25) is 0 Å². The topological polar surface area (TPSA) is 32.3 Å². The average Bonchev–Trinajstić information content (AvgIpc) is 2.87. The molecule has 1 aliphatic rings. The molecule has 0 radical (unpaired) electrons. The van der Waals surface area contributed by atoms with E-state index in [0.717, 1.165) is 29.5 Å². The first kappa shape index (κ1) is 16.4. The molecule has 1 saturated heterocycles. The highest BCUT2D eigenvalue weighted by Crippen LogP contribution is 2.22. The van der Waals surface area contributed by atoms with Crippen LogP contribution in [-0.2, 0) is 4.79 Å². The summed E-state index contributed by atoms with van der Waals surface area (Å²) in [5.74, 6) is -0.0430. The number of amides is 1. The molecule has 2 aromatic rings. The van der Waals surface area contributed by atoms with E-state index in [4.69, 9.17) is 12.2 Å². The molecule has 3 rings (SSSR count). The molecule has 0 spiro atoms. The van der Waals surface area contributed by atoms with Gasteiger partial charge in [-0.05, 0) is 47.5 Å². The van der Waals surface area contributed by atoms with Gasteiger partial charge in [0.15, 0.2) is 5.11 Å².